The Morgan fingerprint density at radius 3 is 2.40 bits per heavy atom. The summed E-state index contributed by atoms with van der Waals surface area (Å²) in [4.78, 5) is 4.21. The summed E-state index contributed by atoms with van der Waals surface area (Å²) in [5, 5.41) is 0.928. The van der Waals surface area contributed by atoms with Gasteiger partial charge in [-0.3, -0.25) is 4.57 Å². The van der Waals surface area contributed by atoms with Crippen LogP contribution in [0.1, 0.15) is 0 Å². The van der Waals surface area contributed by atoms with Crippen molar-refractivity contribution in [3.05, 3.63) is 50.7 Å². The molecule has 1 heterocycles. The topological polar surface area (TPSA) is 43.8 Å². The number of nitrogens with two attached hydrogens (primary N) is 1. The molecule has 0 fully saturated rings. The summed E-state index contributed by atoms with van der Waals surface area (Å²) in [6.45, 7) is 0. The van der Waals surface area contributed by atoms with Gasteiger partial charge in [0.15, 0.2) is 0 Å². The average Bonchev–Trinajstić information content (AvgIpc) is 2.64. The first-order valence-corrected chi connectivity index (χ1v) is 7.10. The summed E-state index contributed by atoms with van der Waals surface area (Å²) < 4.78 is 15.7. The summed E-state index contributed by atoms with van der Waals surface area (Å²) in [7, 11) is 0. The average molecular weight is 375 g/mol. The van der Waals surface area contributed by atoms with Crippen LogP contribution in [0.15, 0.2) is 34.8 Å². The molecule has 0 radical (unpaired) electrons. The number of fused-ring (bicyclic) bond motifs is 1. The van der Waals surface area contributed by atoms with Gasteiger partial charge in [-0.25, -0.2) is 9.37 Å². The van der Waals surface area contributed by atoms with Gasteiger partial charge in [-0.05, 0) is 40.2 Å². The van der Waals surface area contributed by atoms with Crippen molar-refractivity contribution in [2.75, 3.05) is 5.73 Å². The number of aromatic nitrogens is 2. The van der Waals surface area contributed by atoms with Crippen molar-refractivity contribution in [1.82, 2.24) is 9.55 Å². The highest BCUT2D eigenvalue weighted by Gasteiger charge is 2.14. The highest BCUT2D eigenvalue weighted by molar-refractivity contribution is 9.10. The lowest BCUT2D eigenvalue weighted by Crippen LogP contribution is -2.00. The van der Waals surface area contributed by atoms with E-state index in [2.05, 4.69) is 20.9 Å². The molecule has 1 aromatic heterocycles. The van der Waals surface area contributed by atoms with Gasteiger partial charge in [0.05, 0.1) is 21.2 Å². The lowest BCUT2D eigenvalue weighted by Gasteiger charge is -2.08. The first-order valence-electron chi connectivity index (χ1n) is 5.55. The number of hydrogen-bond donors (Lipinski definition) is 1. The Balaban J connectivity index is 2.35. The minimum absolute atomic E-state index is 0.232. The largest absolute Gasteiger partial charge is 0.369 e. The predicted molar refractivity (Wildman–Crippen MR) is 83.2 cm³/mol. The molecule has 0 amide bonds. The number of anilines is 1. The molecule has 0 aliphatic heterocycles. The van der Waals surface area contributed by atoms with Gasteiger partial charge >= 0.3 is 0 Å². The predicted octanol–water partition coefficient (Wildman–Crippen LogP) is 4.82. The van der Waals surface area contributed by atoms with E-state index in [0.717, 1.165) is 0 Å². The number of halogens is 4. The molecule has 0 saturated carbocycles. The summed E-state index contributed by atoms with van der Waals surface area (Å²) in [5.74, 6) is -0.164. The first-order chi connectivity index (χ1) is 9.45. The SMILES string of the molecule is Nc1nc2cc(Br)c(F)cc2n1-c1cc(Cl)cc(Cl)c1. The van der Waals surface area contributed by atoms with Gasteiger partial charge in [0.25, 0.3) is 0 Å². The first kappa shape index (κ1) is 13.7. The number of rotatable bonds is 1. The number of hydrogen-bond acceptors (Lipinski definition) is 2. The van der Waals surface area contributed by atoms with Crippen LogP contribution in [-0.4, -0.2) is 9.55 Å². The molecule has 20 heavy (non-hydrogen) atoms. The van der Waals surface area contributed by atoms with Crippen LogP contribution in [0.5, 0.6) is 0 Å². The maximum atomic E-state index is 13.7. The Hall–Kier alpha value is -1.30. The monoisotopic (exact) mass is 373 g/mol. The number of nitrogen functional groups attached to an aromatic ring is 1. The molecule has 0 unspecified atom stereocenters. The highest BCUT2D eigenvalue weighted by Crippen LogP contribution is 2.30. The number of nitrogens with zero attached hydrogens (tertiary/aromatic N) is 2. The molecule has 3 nitrogen and oxygen atoms in total. The van der Waals surface area contributed by atoms with Crippen molar-refractivity contribution < 1.29 is 4.39 Å². The molecule has 0 spiro atoms. The molecule has 7 heteroatoms. The van der Waals surface area contributed by atoms with E-state index < -0.39 is 5.82 Å². The second-order valence-corrected chi connectivity index (χ2v) is 5.92. The third-order valence-electron chi connectivity index (χ3n) is 2.83. The molecule has 0 bridgehead atoms. The van der Waals surface area contributed by atoms with Crippen molar-refractivity contribution in [2.45, 2.75) is 0 Å². The van der Waals surface area contributed by atoms with Gasteiger partial charge in [-0.2, -0.15) is 0 Å². The van der Waals surface area contributed by atoms with E-state index in [4.69, 9.17) is 28.9 Å². The number of benzene rings is 2. The molecule has 3 rings (SSSR count). The summed E-state index contributed by atoms with van der Waals surface area (Å²) in [6, 6.07) is 7.91. The van der Waals surface area contributed by atoms with Crippen LogP contribution >= 0.6 is 39.1 Å². The van der Waals surface area contributed by atoms with Gasteiger partial charge in [0.2, 0.25) is 5.95 Å². The zero-order valence-corrected chi connectivity index (χ0v) is 13.0. The number of imidazole rings is 1. The molecule has 2 aromatic carbocycles. The van der Waals surface area contributed by atoms with Crippen molar-refractivity contribution in [3.8, 4) is 5.69 Å². The maximum Gasteiger partial charge on any atom is 0.205 e. The van der Waals surface area contributed by atoms with Crippen LogP contribution in [0.3, 0.4) is 0 Å². The zero-order valence-electron chi connectivity index (χ0n) is 9.87. The molecular formula is C13H7BrCl2FN3. The summed E-state index contributed by atoms with van der Waals surface area (Å²) in [5.41, 5.74) is 7.66. The van der Waals surface area contributed by atoms with Crippen LogP contribution in [0.25, 0.3) is 16.7 Å². The fraction of sp³-hybridized carbons (Fsp3) is 0. The van der Waals surface area contributed by atoms with Gasteiger partial charge < -0.3 is 5.73 Å². The smallest absolute Gasteiger partial charge is 0.205 e. The Labute approximate surface area is 132 Å². The Morgan fingerprint density at radius 2 is 1.75 bits per heavy atom. The zero-order chi connectivity index (χ0) is 14.4. The summed E-state index contributed by atoms with van der Waals surface area (Å²) in [6.07, 6.45) is 0. The second-order valence-electron chi connectivity index (χ2n) is 4.19. The van der Waals surface area contributed by atoms with Gasteiger partial charge in [0, 0.05) is 16.1 Å². The third kappa shape index (κ3) is 2.26. The van der Waals surface area contributed by atoms with Gasteiger partial charge in [-0.1, -0.05) is 23.2 Å². The van der Waals surface area contributed by atoms with E-state index in [1.807, 2.05) is 0 Å². The molecule has 0 saturated heterocycles. The molecule has 0 atom stereocenters. The Morgan fingerprint density at radius 1 is 1.10 bits per heavy atom. The fourth-order valence-corrected chi connectivity index (χ4v) is 2.88. The second kappa shape index (κ2) is 4.91. The Bertz CT molecular complexity index is 812. The Kier molecular flexibility index (Phi) is 3.36. The molecule has 2 N–H and O–H groups in total. The van der Waals surface area contributed by atoms with Crippen molar-refractivity contribution >= 4 is 56.1 Å². The minimum atomic E-state index is -0.397. The molecular weight excluding hydrogens is 368 g/mol. The van der Waals surface area contributed by atoms with E-state index in [1.54, 1.807) is 28.8 Å². The molecule has 0 aliphatic rings. The van der Waals surface area contributed by atoms with Gasteiger partial charge in [0.1, 0.15) is 5.82 Å². The minimum Gasteiger partial charge on any atom is -0.369 e. The van der Waals surface area contributed by atoms with E-state index in [9.17, 15) is 4.39 Å². The van der Waals surface area contributed by atoms with E-state index in [0.29, 0.717) is 31.2 Å². The van der Waals surface area contributed by atoms with E-state index in [-0.39, 0.29) is 5.95 Å². The van der Waals surface area contributed by atoms with Crippen LogP contribution < -0.4 is 5.73 Å². The highest BCUT2D eigenvalue weighted by atomic mass is 79.9. The van der Waals surface area contributed by atoms with Gasteiger partial charge in [-0.15, -0.1) is 0 Å². The van der Waals surface area contributed by atoms with Crippen LogP contribution in [0.2, 0.25) is 10.0 Å². The van der Waals surface area contributed by atoms with E-state index >= 15 is 0 Å². The standard InChI is InChI=1S/C13H7BrCl2FN3/c14-9-4-11-12(5-10(9)17)20(13(18)19-11)8-2-6(15)1-7(16)3-8/h1-5H,(H2,18,19). The quantitative estimate of drug-likeness (QED) is 0.663. The normalized spacial score (nSPS) is 11.2. The van der Waals surface area contributed by atoms with Crippen LogP contribution in [-0.2, 0) is 0 Å². The maximum absolute atomic E-state index is 13.7. The third-order valence-corrected chi connectivity index (χ3v) is 3.87. The van der Waals surface area contributed by atoms with Crippen LogP contribution in [0, 0.1) is 5.82 Å². The molecule has 0 aliphatic carbocycles. The summed E-state index contributed by atoms with van der Waals surface area (Å²) >= 11 is 15.1. The van der Waals surface area contributed by atoms with E-state index in [1.165, 1.54) is 6.07 Å². The fourth-order valence-electron chi connectivity index (χ4n) is 2.03. The van der Waals surface area contributed by atoms with Crippen LogP contribution in [0.4, 0.5) is 10.3 Å². The van der Waals surface area contributed by atoms with Crippen molar-refractivity contribution in [1.29, 1.82) is 0 Å². The molecule has 102 valence electrons. The lowest BCUT2D eigenvalue weighted by molar-refractivity contribution is 0.622. The lowest BCUT2D eigenvalue weighted by atomic mass is 10.2. The molecule has 3 aromatic rings. The van der Waals surface area contributed by atoms with Crippen molar-refractivity contribution in [2.24, 2.45) is 0 Å². The van der Waals surface area contributed by atoms with Crippen molar-refractivity contribution in [3.63, 3.8) is 0 Å².